The summed E-state index contributed by atoms with van der Waals surface area (Å²) in [5.41, 5.74) is 2.05. The molecule has 0 aliphatic heterocycles. The highest BCUT2D eigenvalue weighted by Gasteiger charge is 2.10. The normalized spacial score (nSPS) is 10.7. The molecule has 0 aliphatic rings. The first kappa shape index (κ1) is 16.2. The van der Waals surface area contributed by atoms with Crippen LogP contribution in [0.25, 0.3) is 0 Å². The van der Waals surface area contributed by atoms with Gasteiger partial charge in [-0.05, 0) is 49.7 Å². The first-order chi connectivity index (χ1) is 10.1. The average molecular weight is 324 g/mol. The molecule has 0 unspecified atom stereocenters. The van der Waals surface area contributed by atoms with Crippen molar-refractivity contribution in [3.63, 3.8) is 0 Å². The molecule has 2 rings (SSSR count). The molecule has 0 saturated heterocycles. The Morgan fingerprint density at radius 1 is 1.05 bits per heavy atom. The Balaban J connectivity index is 2.24. The summed E-state index contributed by atoms with van der Waals surface area (Å²) in [6.07, 6.45) is 1.07. The maximum Gasteiger partial charge on any atom is 0.146 e. The zero-order valence-electron chi connectivity index (χ0n) is 12.2. The van der Waals surface area contributed by atoms with E-state index in [2.05, 4.69) is 12.2 Å². The lowest BCUT2D eigenvalue weighted by Crippen LogP contribution is -2.14. The van der Waals surface area contributed by atoms with E-state index in [9.17, 15) is 0 Å². The molecule has 0 heterocycles. The van der Waals surface area contributed by atoms with Crippen molar-refractivity contribution >= 4 is 23.2 Å². The molecule has 0 bridgehead atoms. The van der Waals surface area contributed by atoms with Gasteiger partial charge in [-0.15, -0.1) is 0 Å². The van der Waals surface area contributed by atoms with Gasteiger partial charge < -0.3 is 10.1 Å². The average Bonchev–Trinajstić information content (AvgIpc) is 2.45. The minimum Gasteiger partial charge on any atom is -0.455 e. The molecule has 21 heavy (non-hydrogen) atoms. The van der Waals surface area contributed by atoms with Gasteiger partial charge >= 0.3 is 0 Å². The summed E-state index contributed by atoms with van der Waals surface area (Å²) < 4.78 is 5.95. The minimum absolute atomic E-state index is 0.599. The van der Waals surface area contributed by atoms with Crippen molar-refractivity contribution in [1.82, 2.24) is 5.32 Å². The van der Waals surface area contributed by atoms with E-state index in [1.54, 1.807) is 0 Å². The lowest BCUT2D eigenvalue weighted by molar-refractivity contribution is 0.473. The van der Waals surface area contributed by atoms with E-state index in [0.29, 0.717) is 22.3 Å². The van der Waals surface area contributed by atoms with Crippen LogP contribution in [0.1, 0.15) is 24.5 Å². The van der Waals surface area contributed by atoms with Crippen LogP contribution in [-0.2, 0) is 6.54 Å². The third-order valence-corrected chi connectivity index (χ3v) is 3.76. The van der Waals surface area contributed by atoms with Crippen LogP contribution in [0.15, 0.2) is 36.4 Å². The largest absolute Gasteiger partial charge is 0.455 e. The van der Waals surface area contributed by atoms with Crippen molar-refractivity contribution in [2.45, 2.75) is 26.8 Å². The van der Waals surface area contributed by atoms with E-state index in [-0.39, 0.29) is 0 Å². The SMILES string of the molecule is CCCNCc1c(Cl)cccc1Oc1ccc(C)cc1Cl. The van der Waals surface area contributed by atoms with Crippen molar-refractivity contribution in [2.24, 2.45) is 0 Å². The zero-order chi connectivity index (χ0) is 15.2. The summed E-state index contributed by atoms with van der Waals surface area (Å²) >= 11 is 12.5. The summed E-state index contributed by atoms with van der Waals surface area (Å²) in [7, 11) is 0. The molecule has 0 amide bonds. The zero-order valence-corrected chi connectivity index (χ0v) is 13.8. The Labute approximate surface area is 136 Å². The van der Waals surface area contributed by atoms with Crippen molar-refractivity contribution in [3.05, 3.63) is 57.6 Å². The highest BCUT2D eigenvalue weighted by Crippen LogP contribution is 2.34. The summed E-state index contributed by atoms with van der Waals surface area (Å²) in [6, 6.07) is 11.4. The lowest BCUT2D eigenvalue weighted by atomic mass is 10.2. The lowest BCUT2D eigenvalue weighted by Gasteiger charge is -2.14. The van der Waals surface area contributed by atoms with Crippen LogP contribution in [0.4, 0.5) is 0 Å². The Morgan fingerprint density at radius 2 is 1.86 bits per heavy atom. The van der Waals surface area contributed by atoms with Gasteiger partial charge in [0.05, 0.1) is 5.02 Å². The molecule has 0 atom stereocenters. The fourth-order valence-electron chi connectivity index (χ4n) is 2.00. The van der Waals surface area contributed by atoms with Crippen LogP contribution in [0, 0.1) is 6.92 Å². The highest BCUT2D eigenvalue weighted by atomic mass is 35.5. The smallest absolute Gasteiger partial charge is 0.146 e. The van der Waals surface area contributed by atoms with Crippen molar-refractivity contribution in [1.29, 1.82) is 0 Å². The van der Waals surface area contributed by atoms with Gasteiger partial charge in [-0.3, -0.25) is 0 Å². The predicted octanol–water partition coefficient (Wildman–Crippen LogP) is 5.59. The molecular formula is C17H19Cl2NO. The Morgan fingerprint density at radius 3 is 2.57 bits per heavy atom. The number of ether oxygens (including phenoxy) is 1. The number of hydrogen-bond acceptors (Lipinski definition) is 2. The van der Waals surface area contributed by atoms with E-state index >= 15 is 0 Å². The van der Waals surface area contributed by atoms with Crippen molar-refractivity contribution in [2.75, 3.05) is 6.54 Å². The maximum absolute atomic E-state index is 6.29. The number of nitrogens with one attached hydrogen (secondary N) is 1. The molecule has 1 N–H and O–H groups in total. The number of halogens is 2. The van der Waals surface area contributed by atoms with E-state index in [1.807, 2.05) is 43.3 Å². The van der Waals surface area contributed by atoms with Gasteiger partial charge in [-0.25, -0.2) is 0 Å². The fourth-order valence-corrected chi connectivity index (χ4v) is 2.51. The molecule has 0 aliphatic carbocycles. The number of hydrogen-bond donors (Lipinski definition) is 1. The predicted molar refractivity (Wildman–Crippen MR) is 89.7 cm³/mol. The fraction of sp³-hybridized carbons (Fsp3) is 0.294. The summed E-state index contributed by atoms with van der Waals surface area (Å²) in [5, 5.41) is 4.64. The standard InChI is InChI=1S/C17H19Cl2NO/c1-3-9-20-11-13-14(18)5-4-6-16(13)21-17-8-7-12(2)10-15(17)19/h4-8,10,20H,3,9,11H2,1-2H3. The van der Waals surface area contributed by atoms with E-state index in [1.165, 1.54) is 0 Å². The molecule has 0 radical (unpaired) electrons. The van der Waals surface area contributed by atoms with Crippen LogP contribution >= 0.6 is 23.2 Å². The molecule has 112 valence electrons. The Kier molecular flexibility index (Phi) is 5.92. The van der Waals surface area contributed by atoms with Gasteiger partial charge in [-0.1, -0.05) is 42.3 Å². The summed E-state index contributed by atoms with van der Waals surface area (Å²) in [4.78, 5) is 0. The maximum atomic E-state index is 6.29. The van der Waals surface area contributed by atoms with E-state index < -0.39 is 0 Å². The highest BCUT2D eigenvalue weighted by molar-refractivity contribution is 6.32. The van der Waals surface area contributed by atoms with E-state index in [0.717, 1.165) is 29.8 Å². The molecular weight excluding hydrogens is 305 g/mol. The van der Waals surface area contributed by atoms with Gasteiger partial charge in [0.2, 0.25) is 0 Å². The van der Waals surface area contributed by atoms with Gasteiger partial charge in [0.15, 0.2) is 0 Å². The quantitative estimate of drug-likeness (QED) is 0.699. The Bertz CT molecular complexity index is 614. The molecule has 2 nitrogen and oxygen atoms in total. The summed E-state index contributed by atoms with van der Waals surface area (Å²) in [5.74, 6) is 1.37. The molecule has 4 heteroatoms. The number of aryl methyl sites for hydroxylation is 1. The molecule has 0 spiro atoms. The molecule has 0 fully saturated rings. The molecule has 0 aromatic heterocycles. The van der Waals surface area contributed by atoms with Gasteiger partial charge in [0.25, 0.3) is 0 Å². The molecule has 0 saturated carbocycles. The number of benzene rings is 2. The Hall–Kier alpha value is -1.22. The molecule has 2 aromatic carbocycles. The molecule has 2 aromatic rings. The van der Waals surface area contributed by atoms with Crippen LogP contribution in [0.2, 0.25) is 10.0 Å². The van der Waals surface area contributed by atoms with Crippen molar-refractivity contribution < 1.29 is 4.74 Å². The van der Waals surface area contributed by atoms with Crippen LogP contribution in [0.5, 0.6) is 11.5 Å². The van der Waals surface area contributed by atoms with Gasteiger partial charge in [0, 0.05) is 17.1 Å². The minimum atomic E-state index is 0.599. The second kappa shape index (κ2) is 7.69. The second-order valence-electron chi connectivity index (χ2n) is 4.93. The third kappa shape index (κ3) is 4.37. The van der Waals surface area contributed by atoms with Crippen molar-refractivity contribution in [3.8, 4) is 11.5 Å². The topological polar surface area (TPSA) is 21.3 Å². The van der Waals surface area contributed by atoms with Crippen LogP contribution in [-0.4, -0.2) is 6.54 Å². The first-order valence-electron chi connectivity index (χ1n) is 7.04. The monoisotopic (exact) mass is 323 g/mol. The van der Waals surface area contributed by atoms with Crippen LogP contribution in [0.3, 0.4) is 0 Å². The van der Waals surface area contributed by atoms with E-state index in [4.69, 9.17) is 27.9 Å². The number of rotatable bonds is 6. The van der Waals surface area contributed by atoms with Gasteiger partial charge in [-0.2, -0.15) is 0 Å². The van der Waals surface area contributed by atoms with Crippen LogP contribution < -0.4 is 10.1 Å². The first-order valence-corrected chi connectivity index (χ1v) is 7.79. The second-order valence-corrected chi connectivity index (χ2v) is 5.74. The third-order valence-electron chi connectivity index (χ3n) is 3.11. The summed E-state index contributed by atoms with van der Waals surface area (Å²) in [6.45, 7) is 5.74. The van der Waals surface area contributed by atoms with Gasteiger partial charge in [0.1, 0.15) is 11.5 Å².